The predicted octanol–water partition coefficient (Wildman–Crippen LogP) is 4.69. The van der Waals surface area contributed by atoms with E-state index in [9.17, 15) is 13.2 Å². The Morgan fingerprint density at radius 3 is 2.62 bits per heavy atom. The molecule has 10 heteroatoms. The van der Waals surface area contributed by atoms with Gasteiger partial charge in [-0.2, -0.15) is 9.30 Å². The molecule has 0 aliphatic carbocycles. The van der Waals surface area contributed by atoms with Gasteiger partial charge in [0, 0.05) is 25.6 Å². The lowest BCUT2D eigenvalue weighted by Gasteiger charge is -2.29. The highest BCUT2D eigenvalue weighted by Gasteiger charge is 2.33. The molecule has 2 aromatic heterocycles. The van der Waals surface area contributed by atoms with Crippen LogP contribution in [0, 0.1) is 5.92 Å². The second-order valence-electron chi connectivity index (χ2n) is 7.63. The molecular formula is C22H24ClN3O3S3. The molecule has 0 unspecified atom stereocenters. The van der Waals surface area contributed by atoms with Crippen molar-refractivity contribution in [3.05, 3.63) is 57.7 Å². The van der Waals surface area contributed by atoms with Crippen molar-refractivity contribution < 1.29 is 13.2 Å². The van der Waals surface area contributed by atoms with E-state index in [-0.39, 0.29) is 16.0 Å². The van der Waals surface area contributed by atoms with Crippen LogP contribution < -0.4 is 4.80 Å². The summed E-state index contributed by atoms with van der Waals surface area (Å²) in [6.07, 6.45) is 3.64. The van der Waals surface area contributed by atoms with E-state index >= 15 is 0 Å². The summed E-state index contributed by atoms with van der Waals surface area (Å²) in [6.45, 7) is 7.10. The largest absolute Gasteiger partial charge is 0.313 e. The van der Waals surface area contributed by atoms with Crippen LogP contribution in [0.2, 0.25) is 4.34 Å². The third-order valence-electron chi connectivity index (χ3n) is 5.62. The number of thiophene rings is 1. The van der Waals surface area contributed by atoms with Crippen molar-refractivity contribution in [2.45, 2.75) is 36.9 Å². The molecule has 1 amide bonds. The van der Waals surface area contributed by atoms with Gasteiger partial charge in [0.05, 0.1) is 14.6 Å². The van der Waals surface area contributed by atoms with E-state index in [0.717, 1.165) is 28.0 Å². The van der Waals surface area contributed by atoms with Crippen LogP contribution in [0.15, 0.2) is 52.2 Å². The molecule has 3 aromatic rings. The van der Waals surface area contributed by atoms with E-state index in [1.807, 2.05) is 4.57 Å². The van der Waals surface area contributed by atoms with Gasteiger partial charge in [-0.3, -0.25) is 4.79 Å². The maximum absolute atomic E-state index is 13.0. The van der Waals surface area contributed by atoms with E-state index in [4.69, 9.17) is 11.6 Å². The van der Waals surface area contributed by atoms with Crippen molar-refractivity contribution in [1.29, 1.82) is 0 Å². The minimum Gasteiger partial charge on any atom is -0.313 e. The molecule has 32 heavy (non-hydrogen) atoms. The molecule has 1 aliphatic heterocycles. The number of hydrogen-bond donors (Lipinski definition) is 0. The Morgan fingerprint density at radius 2 is 2.00 bits per heavy atom. The summed E-state index contributed by atoms with van der Waals surface area (Å²) in [6, 6.07) is 9.41. The second-order valence-corrected chi connectivity index (χ2v) is 12.5. The average Bonchev–Trinajstić information content (AvgIpc) is 3.37. The Bertz CT molecular complexity index is 1330. The number of rotatable bonds is 6. The lowest BCUT2D eigenvalue weighted by molar-refractivity contribution is -0.122. The van der Waals surface area contributed by atoms with Gasteiger partial charge in [-0.25, -0.2) is 8.42 Å². The number of nitrogens with zero attached hydrogens (tertiary/aromatic N) is 3. The van der Waals surface area contributed by atoms with E-state index in [2.05, 4.69) is 36.7 Å². The Morgan fingerprint density at radius 1 is 1.25 bits per heavy atom. The molecule has 4 rings (SSSR count). The number of benzene rings is 1. The highest BCUT2D eigenvalue weighted by Crippen LogP contribution is 2.31. The number of allylic oxidation sites excluding steroid dienone is 1. The summed E-state index contributed by atoms with van der Waals surface area (Å²) in [7, 11) is -3.57. The van der Waals surface area contributed by atoms with Gasteiger partial charge in [0.1, 0.15) is 4.21 Å². The molecule has 1 saturated heterocycles. The zero-order valence-electron chi connectivity index (χ0n) is 17.7. The number of halogens is 1. The van der Waals surface area contributed by atoms with Crippen LogP contribution in [-0.2, 0) is 27.8 Å². The summed E-state index contributed by atoms with van der Waals surface area (Å²) >= 11 is 8.45. The first-order chi connectivity index (χ1) is 15.3. The number of piperidine rings is 1. The maximum atomic E-state index is 13.0. The van der Waals surface area contributed by atoms with Gasteiger partial charge in [-0.1, -0.05) is 42.0 Å². The third kappa shape index (κ3) is 4.63. The number of thiazole rings is 1. The van der Waals surface area contributed by atoms with Gasteiger partial charge in [0.25, 0.3) is 15.9 Å². The molecule has 3 heterocycles. The Balaban J connectivity index is 1.54. The van der Waals surface area contributed by atoms with Crippen LogP contribution in [0.1, 0.15) is 25.3 Å². The quantitative estimate of drug-likeness (QED) is 0.452. The van der Waals surface area contributed by atoms with Gasteiger partial charge >= 0.3 is 0 Å². The molecule has 0 radical (unpaired) electrons. The van der Waals surface area contributed by atoms with Crippen molar-refractivity contribution in [2.75, 3.05) is 13.1 Å². The van der Waals surface area contributed by atoms with Crippen molar-refractivity contribution in [1.82, 2.24) is 8.87 Å². The molecule has 1 fully saturated rings. The molecule has 0 atom stereocenters. The molecule has 0 N–H and O–H groups in total. The molecule has 0 spiro atoms. The number of fused-ring (bicyclic) bond motifs is 1. The number of sulfonamides is 1. The number of hydrogen-bond acceptors (Lipinski definition) is 5. The topological polar surface area (TPSA) is 71.7 Å². The van der Waals surface area contributed by atoms with Crippen molar-refractivity contribution in [3.8, 4) is 0 Å². The Kier molecular flexibility index (Phi) is 7.02. The van der Waals surface area contributed by atoms with Crippen LogP contribution in [-0.4, -0.2) is 36.3 Å². The smallest absolute Gasteiger partial charge is 0.252 e. The first-order valence-electron chi connectivity index (χ1n) is 10.4. The first-order valence-corrected chi connectivity index (χ1v) is 13.9. The Hall–Kier alpha value is -1.78. The minimum atomic E-state index is -3.57. The van der Waals surface area contributed by atoms with Gasteiger partial charge in [0.15, 0.2) is 4.80 Å². The minimum absolute atomic E-state index is 0.193. The summed E-state index contributed by atoms with van der Waals surface area (Å²) in [5.41, 5.74) is 2.28. The van der Waals surface area contributed by atoms with Gasteiger partial charge in [-0.15, -0.1) is 17.9 Å². The van der Waals surface area contributed by atoms with E-state index in [0.29, 0.717) is 41.6 Å². The highest BCUT2D eigenvalue weighted by molar-refractivity contribution is 7.91. The zero-order valence-corrected chi connectivity index (χ0v) is 20.9. The number of carbonyl (C=O) groups excluding carboxylic acids is 1. The molecule has 6 nitrogen and oxygen atoms in total. The average molecular weight is 510 g/mol. The number of amides is 1. The fourth-order valence-corrected chi connectivity index (χ4v) is 8.04. The van der Waals surface area contributed by atoms with Crippen molar-refractivity contribution in [3.63, 3.8) is 0 Å². The van der Waals surface area contributed by atoms with E-state index in [1.54, 1.807) is 12.1 Å². The zero-order chi connectivity index (χ0) is 22.9. The van der Waals surface area contributed by atoms with Crippen LogP contribution >= 0.6 is 34.3 Å². The van der Waals surface area contributed by atoms with Gasteiger partial charge < -0.3 is 4.57 Å². The van der Waals surface area contributed by atoms with E-state index < -0.39 is 10.0 Å². The van der Waals surface area contributed by atoms with Crippen LogP contribution in [0.4, 0.5) is 0 Å². The van der Waals surface area contributed by atoms with Crippen LogP contribution in [0.3, 0.4) is 0 Å². The molecule has 170 valence electrons. The normalized spacial score (nSPS) is 16.6. The fourth-order valence-electron chi connectivity index (χ4n) is 3.82. The third-order valence-corrected chi connectivity index (χ3v) is 10.3. The summed E-state index contributed by atoms with van der Waals surface area (Å²) in [5.74, 6) is -0.483. The first kappa shape index (κ1) is 23.4. The predicted molar refractivity (Wildman–Crippen MR) is 131 cm³/mol. The number of aryl methyl sites for hydroxylation is 1. The molecular weight excluding hydrogens is 486 g/mol. The summed E-state index contributed by atoms with van der Waals surface area (Å²) in [4.78, 5) is 18.1. The van der Waals surface area contributed by atoms with Crippen molar-refractivity contribution >= 4 is 60.4 Å². The number of aromatic nitrogens is 1. The van der Waals surface area contributed by atoms with E-state index in [1.165, 1.54) is 27.3 Å². The summed E-state index contributed by atoms with van der Waals surface area (Å²) in [5, 5.41) is 0. The Labute approximate surface area is 200 Å². The summed E-state index contributed by atoms with van der Waals surface area (Å²) < 4.78 is 30.8. The van der Waals surface area contributed by atoms with Crippen LogP contribution in [0.25, 0.3) is 10.2 Å². The maximum Gasteiger partial charge on any atom is 0.252 e. The molecule has 0 bridgehead atoms. The van der Waals surface area contributed by atoms with Crippen molar-refractivity contribution in [2.24, 2.45) is 10.9 Å². The lowest BCUT2D eigenvalue weighted by Crippen LogP contribution is -2.40. The molecule has 0 saturated carbocycles. The fraction of sp³-hybridized carbons (Fsp3) is 0.364. The van der Waals surface area contributed by atoms with Gasteiger partial charge in [0.2, 0.25) is 0 Å². The molecule has 1 aliphatic rings. The van der Waals surface area contributed by atoms with Gasteiger partial charge in [-0.05, 0) is 49.1 Å². The molecule has 1 aromatic carbocycles. The monoisotopic (exact) mass is 509 g/mol. The van der Waals surface area contributed by atoms with Crippen LogP contribution in [0.5, 0.6) is 0 Å². The SMILES string of the molecule is C=CCn1c(=NC(=O)C2CCN(S(=O)(=O)c3ccc(Cl)s3)CC2)sc2cc(CC)ccc21. The standard InChI is InChI=1S/C22H24ClN3O3S3/c1-3-11-26-17-6-5-15(4-2)14-18(17)30-22(26)24-21(27)16-9-12-25(13-10-16)32(28,29)20-8-7-19(23)31-20/h3,5-8,14,16H,1,4,9-13H2,2H3. The second kappa shape index (κ2) is 9.61. The highest BCUT2D eigenvalue weighted by atomic mass is 35.5. The lowest BCUT2D eigenvalue weighted by atomic mass is 9.98. The number of carbonyl (C=O) groups is 1.